The highest BCUT2D eigenvalue weighted by Crippen LogP contribution is 2.36. The van der Waals surface area contributed by atoms with E-state index in [1.165, 1.54) is 12.8 Å². The van der Waals surface area contributed by atoms with Crippen LogP contribution in [0.4, 0.5) is 0 Å². The summed E-state index contributed by atoms with van der Waals surface area (Å²) in [5, 5.41) is 0. The summed E-state index contributed by atoms with van der Waals surface area (Å²) in [7, 11) is 0. The lowest BCUT2D eigenvalue weighted by molar-refractivity contribution is -0.137. The number of nitrogens with zero attached hydrogens (tertiary/aromatic N) is 1. The number of likely N-dealkylation sites (tertiary alicyclic amines) is 1. The molecule has 1 heterocycles. The van der Waals surface area contributed by atoms with Crippen LogP contribution < -0.4 is 0 Å². The number of carbonyl (C=O) groups is 2. The van der Waals surface area contributed by atoms with E-state index in [1.54, 1.807) is 6.92 Å². The Hall–Kier alpha value is -0.700. The number of piperidine rings is 1. The largest absolute Gasteiger partial charge is 0.300 e. The molecule has 3 heteroatoms. The molecule has 0 radical (unpaired) electrons. The minimum absolute atomic E-state index is 0.0653. The van der Waals surface area contributed by atoms with Gasteiger partial charge in [-0.05, 0) is 51.6 Å². The molecular weight excluding hydrogens is 214 g/mol. The average Bonchev–Trinajstić information content (AvgIpc) is 2.28. The molecule has 0 amide bonds. The van der Waals surface area contributed by atoms with Gasteiger partial charge in [-0.15, -0.1) is 0 Å². The summed E-state index contributed by atoms with van der Waals surface area (Å²) in [5.74, 6) is 0.458. The molecule has 1 saturated carbocycles. The van der Waals surface area contributed by atoms with Gasteiger partial charge < -0.3 is 4.90 Å². The van der Waals surface area contributed by atoms with Crippen LogP contribution in [0.25, 0.3) is 0 Å². The van der Waals surface area contributed by atoms with Crippen LogP contribution >= 0.6 is 0 Å². The van der Waals surface area contributed by atoms with Crippen LogP contribution in [0.15, 0.2) is 0 Å². The highest BCUT2D eigenvalue weighted by atomic mass is 16.1. The molecule has 96 valence electrons. The minimum atomic E-state index is -0.311. The normalized spacial score (nSPS) is 34.5. The van der Waals surface area contributed by atoms with E-state index in [9.17, 15) is 9.59 Å². The lowest BCUT2D eigenvalue weighted by Crippen LogP contribution is -2.51. The first-order valence-corrected chi connectivity index (χ1v) is 6.90. The van der Waals surface area contributed by atoms with Gasteiger partial charge in [0.1, 0.15) is 11.6 Å². The fourth-order valence-corrected chi connectivity index (χ4v) is 3.52. The number of hydrogen-bond acceptors (Lipinski definition) is 3. The van der Waals surface area contributed by atoms with E-state index in [2.05, 4.69) is 11.8 Å². The van der Waals surface area contributed by atoms with Crippen molar-refractivity contribution in [3.05, 3.63) is 0 Å². The summed E-state index contributed by atoms with van der Waals surface area (Å²) in [6.45, 7) is 6.02. The van der Waals surface area contributed by atoms with Crippen LogP contribution in [0.2, 0.25) is 0 Å². The van der Waals surface area contributed by atoms with Gasteiger partial charge in [-0.3, -0.25) is 9.59 Å². The van der Waals surface area contributed by atoms with E-state index in [-0.39, 0.29) is 17.5 Å². The van der Waals surface area contributed by atoms with Crippen LogP contribution in [0.1, 0.15) is 46.0 Å². The van der Waals surface area contributed by atoms with E-state index in [0.29, 0.717) is 18.4 Å². The van der Waals surface area contributed by atoms with Crippen LogP contribution in [-0.2, 0) is 9.59 Å². The van der Waals surface area contributed by atoms with Crippen molar-refractivity contribution in [1.29, 1.82) is 0 Å². The fraction of sp³-hybridized carbons (Fsp3) is 0.857. The summed E-state index contributed by atoms with van der Waals surface area (Å²) in [6.07, 6.45) is 4.94. The van der Waals surface area contributed by atoms with Gasteiger partial charge in [0, 0.05) is 12.5 Å². The summed E-state index contributed by atoms with van der Waals surface area (Å²) in [5.41, 5.74) is 0. The first-order valence-electron chi connectivity index (χ1n) is 6.90. The van der Waals surface area contributed by atoms with Crippen molar-refractivity contribution in [3.8, 4) is 0 Å². The molecule has 17 heavy (non-hydrogen) atoms. The molecule has 1 aliphatic heterocycles. The highest BCUT2D eigenvalue weighted by molar-refractivity contribution is 6.02. The van der Waals surface area contributed by atoms with Gasteiger partial charge in [-0.2, -0.15) is 0 Å². The monoisotopic (exact) mass is 237 g/mol. The Kier molecular flexibility index (Phi) is 3.97. The Morgan fingerprint density at radius 3 is 2.88 bits per heavy atom. The first-order chi connectivity index (χ1) is 8.13. The molecule has 1 aliphatic carbocycles. The molecule has 2 rings (SSSR count). The van der Waals surface area contributed by atoms with E-state index >= 15 is 0 Å². The Morgan fingerprint density at radius 2 is 2.24 bits per heavy atom. The topological polar surface area (TPSA) is 37.4 Å². The van der Waals surface area contributed by atoms with Crippen LogP contribution in [0.5, 0.6) is 0 Å². The van der Waals surface area contributed by atoms with E-state index in [0.717, 1.165) is 25.9 Å². The van der Waals surface area contributed by atoms with E-state index < -0.39 is 0 Å². The minimum Gasteiger partial charge on any atom is -0.300 e. The van der Waals surface area contributed by atoms with Gasteiger partial charge in [0.15, 0.2) is 0 Å². The van der Waals surface area contributed by atoms with Gasteiger partial charge in [-0.25, -0.2) is 0 Å². The second kappa shape index (κ2) is 5.30. The molecule has 0 aromatic carbocycles. The summed E-state index contributed by atoms with van der Waals surface area (Å²) in [6, 6.07) is 0.482. The van der Waals surface area contributed by atoms with Crippen molar-refractivity contribution in [2.75, 3.05) is 13.1 Å². The molecular formula is C14H23NO2. The van der Waals surface area contributed by atoms with E-state index in [1.807, 2.05) is 0 Å². The van der Waals surface area contributed by atoms with Gasteiger partial charge in [0.25, 0.3) is 0 Å². The van der Waals surface area contributed by atoms with Gasteiger partial charge in [-0.1, -0.05) is 6.92 Å². The second-order valence-corrected chi connectivity index (χ2v) is 5.58. The predicted octanol–water partition coefficient (Wildman–Crippen LogP) is 2.05. The van der Waals surface area contributed by atoms with E-state index in [4.69, 9.17) is 0 Å². The molecule has 0 aromatic rings. The first kappa shape index (κ1) is 12.7. The zero-order chi connectivity index (χ0) is 12.4. The van der Waals surface area contributed by atoms with Crippen LogP contribution in [0, 0.1) is 11.8 Å². The molecule has 2 fully saturated rings. The third kappa shape index (κ3) is 2.59. The Morgan fingerprint density at radius 1 is 1.47 bits per heavy atom. The van der Waals surface area contributed by atoms with Crippen molar-refractivity contribution in [1.82, 2.24) is 4.90 Å². The fourth-order valence-electron chi connectivity index (χ4n) is 3.52. The molecule has 0 bridgehead atoms. The quantitative estimate of drug-likeness (QED) is 0.705. The third-order valence-electron chi connectivity index (χ3n) is 4.36. The lowest BCUT2D eigenvalue weighted by Gasteiger charge is -2.45. The zero-order valence-corrected chi connectivity index (χ0v) is 10.9. The number of fused-ring (bicyclic) bond motifs is 1. The van der Waals surface area contributed by atoms with Crippen molar-refractivity contribution < 1.29 is 9.59 Å². The molecule has 1 unspecified atom stereocenters. The standard InChI is InChI=1S/C14H23NO2/c1-3-6-15-7-4-5-11-8-14(17)12(10(2)16)9-13(11)15/h11-13H,3-9H2,1-2H3/t11-,12?,13-/m0/s1. The lowest BCUT2D eigenvalue weighted by atomic mass is 9.72. The maximum Gasteiger partial charge on any atom is 0.143 e. The van der Waals surface area contributed by atoms with Crippen LogP contribution in [-0.4, -0.2) is 35.6 Å². The molecule has 3 atom stereocenters. The Bertz CT molecular complexity index is 311. The van der Waals surface area contributed by atoms with Crippen molar-refractivity contribution in [2.45, 2.75) is 52.0 Å². The summed E-state index contributed by atoms with van der Waals surface area (Å²) < 4.78 is 0. The molecule has 0 spiro atoms. The van der Waals surface area contributed by atoms with Gasteiger partial charge >= 0.3 is 0 Å². The zero-order valence-electron chi connectivity index (χ0n) is 10.9. The molecule has 0 N–H and O–H groups in total. The van der Waals surface area contributed by atoms with Crippen molar-refractivity contribution in [3.63, 3.8) is 0 Å². The van der Waals surface area contributed by atoms with Gasteiger partial charge in [0.2, 0.25) is 0 Å². The smallest absolute Gasteiger partial charge is 0.143 e. The van der Waals surface area contributed by atoms with Gasteiger partial charge in [0.05, 0.1) is 5.92 Å². The average molecular weight is 237 g/mol. The maximum atomic E-state index is 11.9. The maximum absolute atomic E-state index is 11.9. The molecule has 3 nitrogen and oxygen atoms in total. The third-order valence-corrected chi connectivity index (χ3v) is 4.36. The molecule has 0 aromatic heterocycles. The Balaban J connectivity index is 2.10. The number of carbonyl (C=O) groups excluding carboxylic acids is 2. The number of hydrogen-bond donors (Lipinski definition) is 0. The Labute approximate surface area is 104 Å². The van der Waals surface area contributed by atoms with Crippen molar-refractivity contribution >= 4 is 11.6 Å². The highest BCUT2D eigenvalue weighted by Gasteiger charge is 2.41. The molecule has 1 saturated heterocycles. The van der Waals surface area contributed by atoms with Crippen molar-refractivity contribution in [2.24, 2.45) is 11.8 Å². The number of rotatable bonds is 3. The number of ketones is 2. The summed E-state index contributed by atoms with van der Waals surface area (Å²) >= 11 is 0. The predicted molar refractivity (Wildman–Crippen MR) is 66.8 cm³/mol. The summed E-state index contributed by atoms with van der Waals surface area (Å²) in [4.78, 5) is 25.9. The number of Topliss-reactive ketones (excluding diaryl/α,β-unsaturated/α-hetero) is 2. The van der Waals surface area contributed by atoms with Crippen LogP contribution in [0.3, 0.4) is 0 Å². The molecule has 2 aliphatic rings. The SMILES string of the molecule is CCCN1CCC[C@H]2CC(=O)C(C(C)=O)C[C@@H]21. The second-order valence-electron chi connectivity index (χ2n) is 5.58.